The molecule has 1 aromatic carbocycles. The number of aromatic hydroxyl groups is 1. The topological polar surface area (TPSA) is 90.4 Å². The zero-order valence-electron chi connectivity index (χ0n) is 17.7. The SMILES string of the molecule is CNC(=O)/C=C/c1ccc(-c2ccc(N(C)[C@@H]3C[C@H]4CC[C@@](C)(C3)N4)nn2)c(O)c1. The lowest BCUT2D eigenvalue weighted by Crippen LogP contribution is -2.53. The van der Waals surface area contributed by atoms with Crippen LogP contribution in [0.3, 0.4) is 0 Å². The number of benzene rings is 1. The molecular weight excluding hydrogens is 378 g/mol. The molecule has 0 saturated carbocycles. The third kappa shape index (κ3) is 4.16. The molecule has 2 aliphatic heterocycles. The van der Waals surface area contributed by atoms with Crippen LogP contribution in [0.15, 0.2) is 36.4 Å². The van der Waals surface area contributed by atoms with Crippen LogP contribution in [0.4, 0.5) is 5.82 Å². The number of rotatable bonds is 5. The Kier molecular flexibility index (Phi) is 5.47. The third-order valence-corrected chi connectivity index (χ3v) is 6.37. The van der Waals surface area contributed by atoms with Crippen LogP contribution in [0.1, 0.15) is 38.2 Å². The second kappa shape index (κ2) is 8.07. The van der Waals surface area contributed by atoms with Crippen LogP contribution in [0.25, 0.3) is 17.3 Å². The number of hydrogen-bond acceptors (Lipinski definition) is 6. The largest absolute Gasteiger partial charge is 0.507 e. The summed E-state index contributed by atoms with van der Waals surface area (Å²) in [7, 11) is 3.66. The quantitative estimate of drug-likeness (QED) is 0.661. The molecule has 2 aliphatic rings. The van der Waals surface area contributed by atoms with Gasteiger partial charge in [0.25, 0.3) is 0 Å². The summed E-state index contributed by atoms with van der Waals surface area (Å²) in [6, 6.07) is 10.1. The van der Waals surface area contributed by atoms with E-state index in [0.29, 0.717) is 23.3 Å². The molecule has 0 aliphatic carbocycles. The fraction of sp³-hybridized carbons (Fsp3) is 0.435. The predicted octanol–water partition coefficient (Wildman–Crippen LogP) is 2.72. The number of likely N-dealkylation sites (N-methyl/N-ethyl adjacent to an activating group) is 1. The number of carbonyl (C=O) groups is 1. The Balaban J connectivity index is 1.48. The maximum absolute atomic E-state index is 11.3. The number of piperidine rings is 1. The summed E-state index contributed by atoms with van der Waals surface area (Å²) in [5.41, 5.74) is 2.19. The van der Waals surface area contributed by atoms with E-state index in [9.17, 15) is 9.90 Å². The highest BCUT2D eigenvalue weighted by Gasteiger charge is 2.43. The minimum absolute atomic E-state index is 0.104. The number of nitrogens with one attached hydrogen (secondary N) is 2. The minimum atomic E-state index is -0.195. The van der Waals surface area contributed by atoms with Crippen LogP contribution in [-0.2, 0) is 4.79 Å². The van der Waals surface area contributed by atoms with Crippen molar-refractivity contribution >= 4 is 17.8 Å². The van der Waals surface area contributed by atoms with Crippen molar-refractivity contribution in [1.29, 1.82) is 0 Å². The van der Waals surface area contributed by atoms with Gasteiger partial charge in [-0.05, 0) is 68.5 Å². The molecule has 30 heavy (non-hydrogen) atoms. The smallest absolute Gasteiger partial charge is 0.243 e. The Hall–Kier alpha value is -2.93. The minimum Gasteiger partial charge on any atom is -0.507 e. The van der Waals surface area contributed by atoms with E-state index in [-0.39, 0.29) is 17.2 Å². The second-order valence-electron chi connectivity index (χ2n) is 8.65. The lowest BCUT2D eigenvalue weighted by Gasteiger charge is -2.41. The molecule has 2 saturated heterocycles. The van der Waals surface area contributed by atoms with E-state index in [4.69, 9.17) is 0 Å². The standard InChI is InChI=1S/C23H29N5O2/c1-23-11-10-16(25-23)13-17(14-23)28(3)21-8-7-19(26-27-21)18-6-4-15(12-20(18)29)5-9-22(30)24-2/h4-9,12,16-17,25,29H,10-11,13-14H2,1-3H3,(H,24,30)/b9-5+/t16-,17-,23+/m1/s1. The molecule has 3 N–H and O–H groups in total. The van der Waals surface area contributed by atoms with Crippen molar-refractivity contribution < 1.29 is 9.90 Å². The number of fused-ring (bicyclic) bond motifs is 2. The van der Waals surface area contributed by atoms with Gasteiger partial charge in [-0.3, -0.25) is 4.79 Å². The highest BCUT2D eigenvalue weighted by atomic mass is 16.3. The molecule has 1 amide bonds. The van der Waals surface area contributed by atoms with Gasteiger partial charge in [0.05, 0.1) is 5.69 Å². The van der Waals surface area contributed by atoms with Gasteiger partial charge in [0.1, 0.15) is 5.75 Å². The fourth-order valence-corrected chi connectivity index (χ4v) is 4.66. The molecule has 2 aromatic rings. The van der Waals surface area contributed by atoms with Crippen molar-refractivity contribution in [3.8, 4) is 17.0 Å². The number of phenols is 1. The van der Waals surface area contributed by atoms with Crippen molar-refractivity contribution in [2.24, 2.45) is 0 Å². The highest BCUT2D eigenvalue weighted by molar-refractivity contribution is 5.91. The van der Waals surface area contributed by atoms with Gasteiger partial charge < -0.3 is 20.6 Å². The molecule has 2 fully saturated rings. The Morgan fingerprint density at radius 1 is 1.33 bits per heavy atom. The molecule has 7 nitrogen and oxygen atoms in total. The van der Waals surface area contributed by atoms with E-state index >= 15 is 0 Å². The number of anilines is 1. The van der Waals surface area contributed by atoms with E-state index in [1.807, 2.05) is 18.2 Å². The van der Waals surface area contributed by atoms with Gasteiger partial charge in [0.2, 0.25) is 5.91 Å². The van der Waals surface area contributed by atoms with Crippen LogP contribution in [-0.4, -0.2) is 52.9 Å². The van der Waals surface area contributed by atoms with Crippen molar-refractivity contribution in [3.05, 3.63) is 42.0 Å². The molecule has 158 valence electrons. The summed E-state index contributed by atoms with van der Waals surface area (Å²) in [5.74, 6) is 0.755. The normalized spacial score (nSPS) is 25.4. The van der Waals surface area contributed by atoms with Gasteiger partial charge in [-0.1, -0.05) is 6.07 Å². The van der Waals surface area contributed by atoms with Gasteiger partial charge >= 0.3 is 0 Å². The predicted molar refractivity (Wildman–Crippen MR) is 118 cm³/mol. The lowest BCUT2D eigenvalue weighted by molar-refractivity contribution is -0.115. The molecular formula is C23H29N5O2. The lowest BCUT2D eigenvalue weighted by atomic mass is 9.88. The van der Waals surface area contributed by atoms with Crippen LogP contribution in [0, 0.1) is 0 Å². The zero-order valence-corrected chi connectivity index (χ0v) is 17.7. The first-order valence-corrected chi connectivity index (χ1v) is 10.4. The van der Waals surface area contributed by atoms with E-state index < -0.39 is 0 Å². The molecule has 4 rings (SSSR count). The Morgan fingerprint density at radius 3 is 2.83 bits per heavy atom. The van der Waals surface area contributed by atoms with Crippen molar-refractivity contribution in [3.63, 3.8) is 0 Å². The number of phenolic OH excluding ortho intramolecular Hbond substituents is 1. The zero-order chi connectivity index (χ0) is 21.3. The maximum Gasteiger partial charge on any atom is 0.243 e. The monoisotopic (exact) mass is 407 g/mol. The van der Waals surface area contributed by atoms with Crippen molar-refractivity contribution in [2.75, 3.05) is 19.0 Å². The molecule has 1 aromatic heterocycles. The number of amides is 1. The van der Waals surface area contributed by atoms with Crippen molar-refractivity contribution in [1.82, 2.24) is 20.8 Å². The number of nitrogens with zero attached hydrogens (tertiary/aromatic N) is 3. The number of aromatic nitrogens is 2. The summed E-state index contributed by atoms with van der Waals surface area (Å²) in [6.45, 7) is 2.32. The average molecular weight is 408 g/mol. The first-order valence-electron chi connectivity index (χ1n) is 10.4. The third-order valence-electron chi connectivity index (χ3n) is 6.37. The van der Waals surface area contributed by atoms with Gasteiger partial charge in [-0.2, -0.15) is 0 Å². The maximum atomic E-state index is 11.3. The second-order valence-corrected chi connectivity index (χ2v) is 8.65. The number of carbonyl (C=O) groups excluding carboxylic acids is 1. The summed E-state index contributed by atoms with van der Waals surface area (Å²) in [5, 5.41) is 25.5. The molecule has 2 bridgehead atoms. The highest BCUT2D eigenvalue weighted by Crippen LogP contribution is 2.38. The first kappa shape index (κ1) is 20.3. The van der Waals surface area contributed by atoms with Gasteiger partial charge in [0, 0.05) is 43.4 Å². The number of hydrogen-bond donors (Lipinski definition) is 3. The van der Waals surface area contributed by atoms with E-state index in [1.54, 1.807) is 25.3 Å². The van der Waals surface area contributed by atoms with E-state index in [2.05, 4.69) is 39.7 Å². The van der Waals surface area contributed by atoms with E-state index in [0.717, 1.165) is 24.2 Å². The molecule has 3 heterocycles. The first-order chi connectivity index (χ1) is 14.4. The molecule has 0 unspecified atom stereocenters. The summed E-state index contributed by atoms with van der Waals surface area (Å²) in [4.78, 5) is 13.6. The van der Waals surface area contributed by atoms with Gasteiger partial charge in [-0.25, -0.2) is 0 Å². The summed E-state index contributed by atoms with van der Waals surface area (Å²) in [6.07, 6.45) is 7.79. The Labute approximate surface area is 177 Å². The Morgan fingerprint density at radius 2 is 2.17 bits per heavy atom. The molecule has 7 heteroatoms. The van der Waals surface area contributed by atoms with Crippen molar-refractivity contribution in [2.45, 2.75) is 50.2 Å². The van der Waals surface area contributed by atoms with Crippen LogP contribution in [0.5, 0.6) is 5.75 Å². The molecule has 3 atom stereocenters. The summed E-state index contributed by atoms with van der Waals surface area (Å²) < 4.78 is 0. The van der Waals surface area contributed by atoms with Gasteiger partial charge in [0.15, 0.2) is 5.82 Å². The summed E-state index contributed by atoms with van der Waals surface area (Å²) >= 11 is 0. The van der Waals surface area contributed by atoms with Crippen LogP contribution in [0.2, 0.25) is 0 Å². The molecule has 0 spiro atoms. The Bertz CT molecular complexity index is 959. The van der Waals surface area contributed by atoms with E-state index in [1.165, 1.54) is 18.9 Å². The van der Waals surface area contributed by atoms with Crippen LogP contribution >= 0.6 is 0 Å². The molecule has 0 radical (unpaired) electrons. The van der Waals surface area contributed by atoms with Crippen LogP contribution < -0.4 is 15.5 Å². The average Bonchev–Trinajstić information content (AvgIpc) is 3.03. The fourth-order valence-electron chi connectivity index (χ4n) is 4.66. The van der Waals surface area contributed by atoms with Gasteiger partial charge in [-0.15, -0.1) is 10.2 Å².